The molecule has 5 heteroatoms. The van der Waals surface area contributed by atoms with Crippen molar-refractivity contribution in [3.8, 4) is 0 Å². The summed E-state index contributed by atoms with van der Waals surface area (Å²) < 4.78 is 5.13. The molecule has 0 radical (unpaired) electrons. The van der Waals surface area contributed by atoms with Gasteiger partial charge in [-0.25, -0.2) is 4.98 Å². The molecule has 1 aliphatic carbocycles. The molecule has 1 aromatic heterocycles. The van der Waals surface area contributed by atoms with Crippen molar-refractivity contribution in [2.45, 2.75) is 32.4 Å². The second-order valence-electron chi connectivity index (χ2n) is 4.83. The van der Waals surface area contributed by atoms with Crippen LogP contribution in [0.15, 0.2) is 12.1 Å². The van der Waals surface area contributed by atoms with Crippen LogP contribution in [-0.4, -0.2) is 37.8 Å². The first-order valence-electron chi connectivity index (χ1n) is 6.87. The second-order valence-corrected chi connectivity index (χ2v) is 5.23. The topological polar surface area (TPSA) is 37.4 Å². The number of anilines is 1. The highest BCUT2D eigenvalue weighted by Gasteiger charge is 2.21. The fourth-order valence-electron chi connectivity index (χ4n) is 1.94. The van der Waals surface area contributed by atoms with Gasteiger partial charge in [0.15, 0.2) is 0 Å². The molecule has 106 valence electrons. The molecule has 0 atom stereocenters. The standard InChI is InChI=1S/C14H22ClN3O/c1-3-18(8-9-19-2)14-7-6-12(15)13(17-14)10-16-11-4-5-11/h6-7,11,16H,3-5,8-10H2,1-2H3. The number of methoxy groups -OCH3 is 1. The first-order valence-corrected chi connectivity index (χ1v) is 7.25. The second kappa shape index (κ2) is 7.08. The maximum Gasteiger partial charge on any atom is 0.129 e. The van der Waals surface area contributed by atoms with Crippen LogP contribution in [0.4, 0.5) is 5.82 Å². The van der Waals surface area contributed by atoms with E-state index >= 15 is 0 Å². The van der Waals surface area contributed by atoms with Gasteiger partial charge in [-0.3, -0.25) is 0 Å². The number of nitrogens with zero attached hydrogens (tertiary/aromatic N) is 2. The minimum atomic E-state index is 0.664. The smallest absolute Gasteiger partial charge is 0.129 e. The molecular formula is C14H22ClN3O. The van der Waals surface area contributed by atoms with E-state index in [0.717, 1.165) is 36.2 Å². The number of hydrogen-bond acceptors (Lipinski definition) is 4. The van der Waals surface area contributed by atoms with Gasteiger partial charge >= 0.3 is 0 Å². The van der Waals surface area contributed by atoms with Gasteiger partial charge in [0, 0.05) is 32.8 Å². The maximum atomic E-state index is 6.21. The normalized spacial score (nSPS) is 14.7. The first kappa shape index (κ1) is 14.6. The van der Waals surface area contributed by atoms with Crippen LogP contribution in [0.25, 0.3) is 0 Å². The summed E-state index contributed by atoms with van der Waals surface area (Å²) in [5.74, 6) is 0.969. The molecule has 0 aromatic carbocycles. The van der Waals surface area contributed by atoms with E-state index < -0.39 is 0 Å². The van der Waals surface area contributed by atoms with Gasteiger partial charge in [-0.15, -0.1) is 0 Å². The van der Waals surface area contributed by atoms with Crippen molar-refractivity contribution in [2.75, 3.05) is 31.7 Å². The minimum absolute atomic E-state index is 0.664. The lowest BCUT2D eigenvalue weighted by Crippen LogP contribution is -2.28. The van der Waals surface area contributed by atoms with Crippen molar-refractivity contribution < 1.29 is 4.74 Å². The lowest BCUT2D eigenvalue weighted by Gasteiger charge is -2.22. The summed E-state index contributed by atoms with van der Waals surface area (Å²) >= 11 is 6.21. The number of ether oxygens (including phenoxy) is 1. The molecule has 1 saturated carbocycles. The summed E-state index contributed by atoms with van der Waals surface area (Å²) in [7, 11) is 1.72. The Hall–Kier alpha value is -0.840. The predicted molar refractivity (Wildman–Crippen MR) is 78.9 cm³/mol. The molecular weight excluding hydrogens is 262 g/mol. The summed E-state index contributed by atoms with van der Waals surface area (Å²) in [5.41, 5.74) is 0.932. The van der Waals surface area contributed by atoms with Gasteiger partial charge in [-0.1, -0.05) is 11.6 Å². The van der Waals surface area contributed by atoms with E-state index in [1.807, 2.05) is 12.1 Å². The van der Waals surface area contributed by atoms with Crippen LogP contribution in [-0.2, 0) is 11.3 Å². The van der Waals surface area contributed by atoms with E-state index in [4.69, 9.17) is 16.3 Å². The highest BCUT2D eigenvalue weighted by atomic mass is 35.5. The summed E-state index contributed by atoms with van der Waals surface area (Å²) in [6.07, 6.45) is 2.54. The molecule has 0 saturated heterocycles. The Kier molecular flexibility index (Phi) is 5.43. The number of aromatic nitrogens is 1. The van der Waals surface area contributed by atoms with Gasteiger partial charge in [0.05, 0.1) is 17.3 Å². The zero-order valence-corrected chi connectivity index (χ0v) is 12.4. The quantitative estimate of drug-likeness (QED) is 0.795. The molecule has 0 bridgehead atoms. The monoisotopic (exact) mass is 283 g/mol. The lowest BCUT2D eigenvalue weighted by atomic mass is 10.3. The molecule has 0 unspecified atom stereocenters. The van der Waals surface area contributed by atoms with E-state index in [1.165, 1.54) is 12.8 Å². The molecule has 0 aliphatic heterocycles. The minimum Gasteiger partial charge on any atom is -0.383 e. The average molecular weight is 284 g/mol. The van der Waals surface area contributed by atoms with Gasteiger partial charge < -0.3 is 15.0 Å². The zero-order chi connectivity index (χ0) is 13.7. The molecule has 2 rings (SSSR count). The van der Waals surface area contributed by atoms with Crippen LogP contribution >= 0.6 is 11.6 Å². The Morgan fingerprint density at radius 1 is 1.47 bits per heavy atom. The van der Waals surface area contributed by atoms with Gasteiger partial charge in [-0.2, -0.15) is 0 Å². The van der Waals surface area contributed by atoms with Gasteiger partial charge in [-0.05, 0) is 31.9 Å². The number of likely N-dealkylation sites (N-methyl/N-ethyl adjacent to an activating group) is 1. The Labute approximate surface area is 120 Å². The number of pyridine rings is 1. The van der Waals surface area contributed by atoms with Crippen LogP contribution < -0.4 is 10.2 Å². The van der Waals surface area contributed by atoms with Gasteiger partial charge in [0.1, 0.15) is 5.82 Å². The molecule has 0 spiro atoms. The van der Waals surface area contributed by atoms with Crippen molar-refractivity contribution in [3.05, 3.63) is 22.8 Å². The summed E-state index contributed by atoms with van der Waals surface area (Å²) in [4.78, 5) is 6.87. The van der Waals surface area contributed by atoms with Crippen molar-refractivity contribution in [2.24, 2.45) is 0 Å². The lowest BCUT2D eigenvalue weighted by molar-refractivity contribution is 0.205. The van der Waals surface area contributed by atoms with Crippen molar-refractivity contribution in [3.63, 3.8) is 0 Å². The van der Waals surface area contributed by atoms with Gasteiger partial charge in [0.2, 0.25) is 0 Å². The predicted octanol–water partition coefficient (Wildman–Crippen LogP) is 2.46. The Balaban J connectivity index is 2.03. The number of hydrogen-bond donors (Lipinski definition) is 1. The number of rotatable bonds is 8. The summed E-state index contributed by atoms with van der Waals surface area (Å²) in [6.45, 7) is 5.33. The third-order valence-electron chi connectivity index (χ3n) is 3.31. The third-order valence-corrected chi connectivity index (χ3v) is 3.65. The highest BCUT2D eigenvalue weighted by Crippen LogP contribution is 2.22. The fourth-order valence-corrected chi connectivity index (χ4v) is 2.11. The highest BCUT2D eigenvalue weighted by molar-refractivity contribution is 6.31. The van der Waals surface area contributed by atoms with E-state index in [-0.39, 0.29) is 0 Å². The van der Waals surface area contributed by atoms with Crippen LogP contribution in [0.2, 0.25) is 5.02 Å². The maximum absolute atomic E-state index is 6.21. The van der Waals surface area contributed by atoms with E-state index in [1.54, 1.807) is 7.11 Å². The SMILES string of the molecule is CCN(CCOC)c1ccc(Cl)c(CNC2CC2)n1. The van der Waals surface area contributed by atoms with Crippen LogP contribution in [0.3, 0.4) is 0 Å². The van der Waals surface area contributed by atoms with Crippen molar-refractivity contribution in [1.29, 1.82) is 0 Å². The molecule has 1 aromatic rings. The molecule has 19 heavy (non-hydrogen) atoms. The van der Waals surface area contributed by atoms with E-state index in [2.05, 4.69) is 22.1 Å². The molecule has 1 fully saturated rings. The Morgan fingerprint density at radius 2 is 2.26 bits per heavy atom. The van der Waals surface area contributed by atoms with E-state index in [9.17, 15) is 0 Å². The fraction of sp³-hybridized carbons (Fsp3) is 0.643. The summed E-state index contributed by atoms with van der Waals surface area (Å²) in [5, 5.41) is 4.19. The van der Waals surface area contributed by atoms with E-state index in [0.29, 0.717) is 12.6 Å². The number of nitrogens with one attached hydrogen (secondary N) is 1. The molecule has 0 amide bonds. The number of halogens is 1. The van der Waals surface area contributed by atoms with Crippen LogP contribution in [0.5, 0.6) is 0 Å². The molecule has 1 N–H and O–H groups in total. The van der Waals surface area contributed by atoms with Crippen LogP contribution in [0, 0.1) is 0 Å². The third kappa shape index (κ3) is 4.34. The van der Waals surface area contributed by atoms with Crippen molar-refractivity contribution >= 4 is 17.4 Å². The Bertz CT molecular complexity index is 410. The molecule has 4 nitrogen and oxygen atoms in total. The largest absolute Gasteiger partial charge is 0.383 e. The Morgan fingerprint density at radius 3 is 2.89 bits per heavy atom. The molecule has 1 aliphatic rings. The molecule has 1 heterocycles. The zero-order valence-electron chi connectivity index (χ0n) is 11.7. The van der Waals surface area contributed by atoms with Gasteiger partial charge in [0.25, 0.3) is 0 Å². The first-order chi connectivity index (χ1) is 9.24. The van der Waals surface area contributed by atoms with Crippen LogP contribution in [0.1, 0.15) is 25.5 Å². The average Bonchev–Trinajstić information content (AvgIpc) is 3.24. The van der Waals surface area contributed by atoms with Crippen molar-refractivity contribution in [1.82, 2.24) is 10.3 Å². The summed E-state index contributed by atoms with van der Waals surface area (Å²) in [6, 6.07) is 4.57.